The lowest BCUT2D eigenvalue weighted by atomic mass is 9.98. The van der Waals surface area contributed by atoms with E-state index < -0.39 is 0 Å². The van der Waals surface area contributed by atoms with Crippen LogP contribution >= 0.6 is 11.6 Å². The minimum atomic E-state index is -0.0213. The Labute approximate surface area is 176 Å². The fraction of sp³-hybridized carbons (Fsp3) is 0.348. The summed E-state index contributed by atoms with van der Waals surface area (Å²) in [5.74, 6) is 1.74. The van der Waals surface area contributed by atoms with Crippen LogP contribution in [0.2, 0.25) is 5.02 Å². The maximum atomic E-state index is 6.54. The summed E-state index contributed by atoms with van der Waals surface area (Å²) in [5, 5.41) is 0.668. The van der Waals surface area contributed by atoms with Crippen molar-refractivity contribution in [2.45, 2.75) is 38.6 Å². The summed E-state index contributed by atoms with van der Waals surface area (Å²) in [6, 6.07) is 14.0. The van der Waals surface area contributed by atoms with Gasteiger partial charge in [-0.05, 0) is 31.5 Å². The zero-order valence-corrected chi connectivity index (χ0v) is 17.4. The van der Waals surface area contributed by atoms with Crippen LogP contribution in [0.15, 0.2) is 54.9 Å². The normalized spacial score (nSPS) is 19.3. The Morgan fingerprint density at radius 2 is 2.10 bits per heavy atom. The molecule has 2 heterocycles. The van der Waals surface area contributed by atoms with E-state index in [9.17, 15) is 0 Å². The van der Waals surface area contributed by atoms with Gasteiger partial charge in [0.25, 0.3) is 0 Å². The molecule has 4 rings (SSSR count). The molecule has 6 heteroatoms. The molecular weight excluding hydrogens is 388 g/mol. The van der Waals surface area contributed by atoms with Crippen LogP contribution in [0, 0.1) is 6.92 Å². The summed E-state index contributed by atoms with van der Waals surface area (Å²) in [5.41, 5.74) is 2.97. The van der Waals surface area contributed by atoms with E-state index in [1.165, 1.54) is 0 Å². The van der Waals surface area contributed by atoms with Crippen LogP contribution in [-0.2, 0) is 16.1 Å². The molecule has 0 amide bonds. The number of aromatic nitrogens is 2. The van der Waals surface area contributed by atoms with Gasteiger partial charge in [0.1, 0.15) is 18.2 Å². The van der Waals surface area contributed by atoms with Gasteiger partial charge in [0, 0.05) is 54.4 Å². The Morgan fingerprint density at radius 1 is 1.24 bits per heavy atom. The zero-order valence-electron chi connectivity index (χ0n) is 16.7. The molecule has 1 saturated heterocycles. The van der Waals surface area contributed by atoms with Crippen molar-refractivity contribution in [1.29, 1.82) is 0 Å². The van der Waals surface area contributed by atoms with E-state index in [-0.39, 0.29) is 12.2 Å². The van der Waals surface area contributed by atoms with Crippen LogP contribution in [0.4, 0.5) is 0 Å². The summed E-state index contributed by atoms with van der Waals surface area (Å²) < 4.78 is 19.7. The average molecular weight is 413 g/mol. The largest absolute Gasteiger partial charge is 0.488 e. The zero-order chi connectivity index (χ0) is 20.2. The molecule has 2 unspecified atom stereocenters. The molecule has 0 bridgehead atoms. The summed E-state index contributed by atoms with van der Waals surface area (Å²) in [4.78, 5) is 4.26. The van der Waals surface area contributed by atoms with E-state index in [0.29, 0.717) is 18.2 Å². The van der Waals surface area contributed by atoms with Gasteiger partial charge < -0.3 is 18.8 Å². The predicted octanol–water partition coefficient (Wildman–Crippen LogP) is 5.28. The Balaban J connectivity index is 1.49. The highest BCUT2D eigenvalue weighted by Gasteiger charge is 2.26. The summed E-state index contributed by atoms with van der Waals surface area (Å²) in [6.07, 6.45) is 5.65. The number of methoxy groups -OCH3 is 1. The second kappa shape index (κ2) is 8.99. The molecule has 0 N–H and O–H groups in total. The van der Waals surface area contributed by atoms with Gasteiger partial charge >= 0.3 is 0 Å². The van der Waals surface area contributed by atoms with E-state index in [1.54, 1.807) is 13.3 Å². The van der Waals surface area contributed by atoms with E-state index in [4.69, 9.17) is 25.8 Å². The highest BCUT2D eigenvalue weighted by Crippen LogP contribution is 2.35. The molecule has 2 aromatic carbocycles. The van der Waals surface area contributed by atoms with Crippen LogP contribution in [0.25, 0.3) is 5.69 Å². The van der Waals surface area contributed by atoms with Crippen molar-refractivity contribution in [3.63, 3.8) is 0 Å². The van der Waals surface area contributed by atoms with Gasteiger partial charge in [-0.3, -0.25) is 0 Å². The summed E-state index contributed by atoms with van der Waals surface area (Å²) in [7, 11) is 1.76. The Hall–Kier alpha value is -2.34. The SMILES string of the molecule is COC1CCOC(c2ccccc2OCc2ccc(-n3ccnc3C)cc2Cl)C1. The first kappa shape index (κ1) is 20.0. The molecule has 1 fully saturated rings. The quantitative estimate of drug-likeness (QED) is 0.552. The number of halogens is 1. The van der Waals surface area contributed by atoms with Crippen LogP contribution in [0.1, 0.15) is 35.9 Å². The number of hydrogen-bond donors (Lipinski definition) is 0. The van der Waals surface area contributed by atoms with Gasteiger partial charge in [-0.25, -0.2) is 4.98 Å². The molecule has 1 aliphatic heterocycles. The molecule has 2 atom stereocenters. The van der Waals surface area contributed by atoms with Crippen molar-refractivity contribution in [1.82, 2.24) is 9.55 Å². The van der Waals surface area contributed by atoms with Gasteiger partial charge in [-0.1, -0.05) is 35.9 Å². The van der Waals surface area contributed by atoms with Crippen molar-refractivity contribution >= 4 is 11.6 Å². The van der Waals surface area contributed by atoms with Crippen molar-refractivity contribution < 1.29 is 14.2 Å². The third-order valence-electron chi connectivity index (χ3n) is 5.36. The fourth-order valence-corrected chi connectivity index (χ4v) is 3.91. The van der Waals surface area contributed by atoms with E-state index >= 15 is 0 Å². The minimum absolute atomic E-state index is 0.0213. The number of para-hydroxylation sites is 1. The summed E-state index contributed by atoms with van der Waals surface area (Å²) in [6.45, 7) is 3.04. The van der Waals surface area contributed by atoms with Crippen LogP contribution in [0.3, 0.4) is 0 Å². The number of nitrogens with zero attached hydrogens (tertiary/aromatic N) is 2. The third kappa shape index (κ3) is 4.47. The number of rotatable bonds is 6. The second-order valence-electron chi connectivity index (χ2n) is 7.19. The van der Waals surface area contributed by atoms with Crippen molar-refractivity contribution in [2.24, 2.45) is 0 Å². The first-order valence-electron chi connectivity index (χ1n) is 9.80. The molecular formula is C23H25ClN2O3. The van der Waals surface area contributed by atoms with Gasteiger partial charge in [-0.15, -0.1) is 0 Å². The average Bonchev–Trinajstić information content (AvgIpc) is 3.19. The standard InChI is InChI=1S/C23H25ClN2O3/c1-16-25-10-11-26(16)18-8-7-17(21(24)13-18)15-29-22-6-4-3-5-20(22)23-14-19(27-2)9-12-28-23/h3-8,10-11,13,19,23H,9,12,14-15H2,1-2H3. The lowest BCUT2D eigenvalue weighted by molar-refractivity contribution is -0.0607. The monoisotopic (exact) mass is 412 g/mol. The van der Waals surface area contributed by atoms with Crippen molar-refractivity contribution in [3.8, 4) is 11.4 Å². The Kier molecular flexibility index (Phi) is 6.19. The molecule has 29 heavy (non-hydrogen) atoms. The van der Waals surface area contributed by atoms with E-state index in [0.717, 1.165) is 41.2 Å². The van der Waals surface area contributed by atoms with E-state index in [1.807, 2.05) is 54.1 Å². The molecule has 1 aromatic heterocycles. The van der Waals surface area contributed by atoms with Crippen LogP contribution in [-0.4, -0.2) is 29.4 Å². The maximum absolute atomic E-state index is 6.54. The van der Waals surface area contributed by atoms with Crippen LogP contribution < -0.4 is 4.74 Å². The predicted molar refractivity (Wildman–Crippen MR) is 113 cm³/mol. The van der Waals surface area contributed by atoms with Crippen molar-refractivity contribution in [3.05, 3.63) is 76.8 Å². The molecule has 5 nitrogen and oxygen atoms in total. The summed E-state index contributed by atoms with van der Waals surface area (Å²) >= 11 is 6.54. The lowest BCUT2D eigenvalue weighted by Gasteiger charge is -2.30. The van der Waals surface area contributed by atoms with Crippen LogP contribution in [0.5, 0.6) is 5.75 Å². The topological polar surface area (TPSA) is 45.5 Å². The maximum Gasteiger partial charge on any atom is 0.125 e. The first-order valence-corrected chi connectivity index (χ1v) is 10.2. The molecule has 1 aliphatic rings. The molecule has 0 aliphatic carbocycles. The van der Waals surface area contributed by atoms with Gasteiger partial charge in [-0.2, -0.15) is 0 Å². The highest BCUT2D eigenvalue weighted by atomic mass is 35.5. The number of benzene rings is 2. The van der Waals surface area contributed by atoms with Gasteiger partial charge in [0.05, 0.1) is 12.2 Å². The lowest BCUT2D eigenvalue weighted by Crippen LogP contribution is -2.25. The van der Waals surface area contributed by atoms with Gasteiger partial charge in [0.15, 0.2) is 0 Å². The first-order chi connectivity index (χ1) is 14.2. The Bertz CT molecular complexity index is 972. The smallest absolute Gasteiger partial charge is 0.125 e. The Morgan fingerprint density at radius 3 is 2.86 bits per heavy atom. The minimum Gasteiger partial charge on any atom is -0.488 e. The fourth-order valence-electron chi connectivity index (χ4n) is 3.68. The number of imidazole rings is 1. The highest BCUT2D eigenvalue weighted by molar-refractivity contribution is 6.31. The van der Waals surface area contributed by atoms with Crippen molar-refractivity contribution in [2.75, 3.05) is 13.7 Å². The number of ether oxygens (including phenoxy) is 3. The van der Waals surface area contributed by atoms with E-state index in [2.05, 4.69) is 11.1 Å². The third-order valence-corrected chi connectivity index (χ3v) is 5.71. The molecule has 152 valence electrons. The number of hydrogen-bond acceptors (Lipinski definition) is 4. The molecule has 3 aromatic rings. The second-order valence-corrected chi connectivity index (χ2v) is 7.60. The molecule has 0 radical (unpaired) electrons. The molecule has 0 spiro atoms. The van der Waals surface area contributed by atoms with Gasteiger partial charge in [0.2, 0.25) is 0 Å². The number of aryl methyl sites for hydroxylation is 1. The molecule has 0 saturated carbocycles.